The highest BCUT2D eigenvalue weighted by Gasteiger charge is 2.36. The van der Waals surface area contributed by atoms with Gasteiger partial charge in [-0.2, -0.15) is 0 Å². The fraction of sp³-hybridized carbons (Fsp3) is 0.417. The highest BCUT2D eigenvalue weighted by Crippen LogP contribution is 2.28. The van der Waals surface area contributed by atoms with Crippen LogP contribution < -0.4 is 10.6 Å². The number of halogens is 2. The predicted octanol–water partition coefficient (Wildman–Crippen LogP) is 2.42. The number of nitrogens with one attached hydrogen (secondary N) is 2. The van der Waals surface area contributed by atoms with Gasteiger partial charge < -0.3 is 10.6 Å². The number of hydrogen-bond donors (Lipinski definition) is 2. The van der Waals surface area contributed by atoms with E-state index in [-0.39, 0.29) is 11.6 Å². The lowest BCUT2D eigenvalue weighted by molar-refractivity contribution is -0.123. The van der Waals surface area contributed by atoms with Crippen molar-refractivity contribution in [1.82, 2.24) is 5.32 Å². The van der Waals surface area contributed by atoms with Crippen molar-refractivity contribution in [1.29, 1.82) is 0 Å². The molecular weight excluding hydrogens is 243 g/mol. The molecule has 1 aliphatic heterocycles. The van der Waals surface area contributed by atoms with Gasteiger partial charge in [0.05, 0.1) is 11.1 Å². The molecule has 0 aromatic heterocycles. The minimum atomic E-state index is -0.477. The average Bonchev–Trinajstić information content (AvgIpc) is 2.72. The van der Waals surface area contributed by atoms with E-state index in [1.807, 2.05) is 6.92 Å². The molecule has 17 heavy (non-hydrogen) atoms. The van der Waals surface area contributed by atoms with Crippen LogP contribution in [-0.4, -0.2) is 19.0 Å². The van der Waals surface area contributed by atoms with Gasteiger partial charge in [0.2, 0.25) is 5.91 Å². The van der Waals surface area contributed by atoms with Gasteiger partial charge in [0, 0.05) is 11.6 Å². The number of carbonyl (C=O) groups excluding carboxylic acids is 1. The molecule has 1 aromatic rings. The smallest absolute Gasteiger partial charge is 0.231 e. The zero-order valence-electron chi connectivity index (χ0n) is 9.52. The van der Waals surface area contributed by atoms with Crippen molar-refractivity contribution in [2.45, 2.75) is 13.3 Å². The standard InChI is InChI=1S/C12H14ClFN2O/c1-12(4-5-15-7-12)11(17)16-10-6-8(13)2-3-9(10)14/h2-3,6,15H,4-5,7H2,1H3,(H,16,17). The molecule has 1 atom stereocenters. The van der Waals surface area contributed by atoms with E-state index >= 15 is 0 Å². The summed E-state index contributed by atoms with van der Waals surface area (Å²) in [5, 5.41) is 6.12. The fourth-order valence-corrected chi connectivity index (χ4v) is 2.05. The summed E-state index contributed by atoms with van der Waals surface area (Å²) in [6.07, 6.45) is 0.751. The molecule has 1 fully saturated rings. The van der Waals surface area contributed by atoms with Gasteiger partial charge in [-0.3, -0.25) is 4.79 Å². The van der Waals surface area contributed by atoms with E-state index in [1.165, 1.54) is 18.2 Å². The molecule has 1 saturated heterocycles. The molecule has 0 radical (unpaired) electrons. The van der Waals surface area contributed by atoms with Crippen LogP contribution in [0, 0.1) is 11.2 Å². The second-order valence-electron chi connectivity index (χ2n) is 4.57. The average molecular weight is 257 g/mol. The monoisotopic (exact) mass is 256 g/mol. The van der Waals surface area contributed by atoms with Crippen molar-refractivity contribution in [2.75, 3.05) is 18.4 Å². The summed E-state index contributed by atoms with van der Waals surface area (Å²) in [7, 11) is 0. The van der Waals surface area contributed by atoms with Gasteiger partial charge in [-0.05, 0) is 38.1 Å². The Hall–Kier alpha value is -1.13. The summed E-state index contributed by atoms with van der Waals surface area (Å²) in [6.45, 7) is 3.29. The summed E-state index contributed by atoms with van der Waals surface area (Å²) in [5.74, 6) is -0.652. The van der Waals surface area contributed by atoms with Crippen LogP contribution in [-0.2, 0) is 4.79 Å². The van der Waals surface area contributed by atoms with Crippen LogP contribution in [0.2, 0.25) is 5.02 Å². The van der Waals surface area contributed by atoms with Crippen molar-refractivity contribution >= 4 is 23.2 Å². The fourth-order valence-electron chi connectivity index (χ4n) is 1.88. The minimum Gasteiger partial charge on any atom is -0.323 e. The SMILES string of the molecule is CC1(C(=O)Nc2cc(Cl)ccc2F)CCNC1. The quantitative estimate of drug-likeness (QED) is 0.853. The van der Waals surface area contributed by atoms with E-state index in [1.54, 1.807) is 0 Å². The Labute approximate surface area is 104 Å². The molecule has 5 heteroatoms. The second-order valence-corrected chi connectivity index (χ2v) is 5.00. The maximum absolute atomic E-state index is 13.5. The second kappa shape index (κ2) is 4.63. The van der Waals surface area contributed by atoms with Crippen LogP contribution >= 0.6 is 11.6 Å². The highest BCUT2D eigenvalue weighted by molar-refractivity contribution is 6.30. The van der Waals surface area contributed by atoms with Crippen LogP contribution in [0.25, 0.3) is 0 Å². The zero-order chi connectivity index (χ0) is 12.5. The van der Waals surface area contributed by atoms with E-state index < -0.39 is 11.2 Å². The minimum absolute atomic E-state index is 0.135. The lowest BCUT2D eigenvalue weighted by atomic mass is 9.89. The van der Waals surface area contributed by atoms with Gasteiger partial charge in [0.15, 0.2) is 0 Å². The van der Waals surface area contributed by atoms with Crippen LogP contribution in [0.1, 0.15) is 13.3 Å². The summed E-state index contributed by atoms with van der Waals surface area (Å²) in [5.41, 5.74) is -0.343. The highest BCUT2D eigenvalue weighted by atomic mass is 35.5. The van der Waals surface area contributed by atoms with E-state index in [9.17, 15) is 9.18 Å². The van der Waals surface area contributed by atoms with Crippen LogP contribution in [0.15, 0.2) is 18.2 Å². The van der Waals surface area contributed by atoms with Crippen molar-refractivity contribution in [3.05, 3.63) is 29.0 Å². The Kier molecular flexibility index (Phi) is 3.35. The van der Waals surface area contributed by atoms with Crippen molar-refractivity contribution in [2.24, 2.45) is 5.41 Å². The first kappa shape index (κ1) is 12.3. The largest absolute Gasteiger partial charge is 0.323 e. The van der Waals surface area contributed by atoms with E-state index in [0.717, 1.165) is 13.0 Å². The Morgan fingerprint density at radius 3 is 3.00 bits per heavy atom. The maximum atomic E-state index is 13.5. The van der Waals surface area contributed by atoms with E-state index in [0.29, 0.717) is 11.6 Å². The van der Waals surface area contributed by atoms with Gasteiger partial charge in [0.25, 0.3) is 0 Å². The van der Waals surface area contributed by atoms with Crippen LogP contribution in [0.5, 0.6) is 0 Å². The van der Waals surface area contributed by atoms with Gasteiger partial charge >= 0.3 is 0 Å². The molecule has 0 saturated carbocycles. The molecule has 2 N–H and O–H groups in total. The van der Waals surface area contributed by atoms with Crippen molar-refractivity contribution < 1.29 is 9.18 Å². The molecule has 92 valence electrons. The predicted molar refractivity (Wildman–Crippen MR) is 65.6 cm³/mol. The topological polar surface area (TPSA) is 41.1 Å². The summed E-state index contributed by atoms with van der Waals surface area (Å²) in [4.78, 5) is 12.0. The molecule has 0 bridgehead atoms. The number of hydrogen-bond acceptors (Lipinski definition) is 2. The summed E-state index contributed by atoms with van der Waals surface area (Å²) in [6, 6.07) is 4.11. The summed E-state index contributed by atoms with van der Waals surface area (Å²) >= 11 is 5.76. The third kappa shape index (κ3) is 2.58. The van der Waals surface area contributed by atoms with Crippen LogP contribution in [0.3, 0.4) is 0 Å². The molecule has 3 nitrogen and oxygen atoms in total. The third-order valence-corrected chi connectivity index (χ3v) is 3.33. The molecule has 1 aliphatic rings. The van der Waals surface area contributed by atoms with Gasteiger partial charge in [-0.1, -0.05) is 11.6 Å². The summed E-state index contributed by atoms with van der Waals surface area (Å²) < 4.78 is 13.5. The van der Waals surface area contributed by atoms with Crippen LogP contribution in [0.4, 0.5) is 10.1 Å². The van der Waals surface area contributed by atoms with Gasteiger partial charge in [0.1, 0.15) is 5.82 Å². The number of carbonyl (C=O) groups is 1. The van der Waals surface area contributed by atoms with E-state index in [4.69, 9.17) is 11.6 Å². The normalized spacial score (nSPS) is 23.7. The number of benzene rings is 1. The lowest BCUT2D eigenvalue weighted by Gasteiger charge is -2.21. The lowest BCUT2D eigenvalue weighted by Crippen LogP contribution is -2.35. The van der Waals surface area contributed by atoms with Gasteiger partial charge in [-0.15, -0.1) is 0 Å². The molecule has 1 aromatic carbocycles. The first-order valence-corrected chi connectivity index (χ1v) is 5.86. The van der Waals surface area contributed by atoms with Gasteiger partial charge in [-0.25, -0.2) is 4.39 Å². The molecule has 1 amide bonds. The maximum Gasteiger partial charge on any atom is 0.231 e. The molecule has 2 rings (SSSR count). The Balaban J connectivity index is 2.15. The third-order valence-electron chi connectivity index (χ3n) is 3.09. The number of anilines is 1. The molecular formula is C12H14ClFN2O. The Morgan fingerprint density at radius 1 is 1.59 bits per heavy atom. The van der Waals surface area contributed by atoms with E-state index in [2.05, 4.69) is 10.6 Å². The number of amides is 1. The molecule has 0 aliphatic carbocycles. The number of rotatable bonds is 2. The van der Waals surface area contributed by atoms with Crippen molar-refractivity contribution in [3.63, 3.8) is 0 Å². The molecule has 0 spiro atoms. The Bertz CT molecular complexity index is 444. The molecule has 1 unspecified atom stereocenters. The molecule has 1 heterocycles. The first-order valence-electron chi connectivity index (χ1n) is 5.48. The first-order chi connectivity index (χ1) is 8.01. The van der Waals surface area contributed by atoms with Crippen molar-refractivity contribution in [3.8, 4) is 0 Å². The Morgan fingerprint density at radius 2 is 2.35 bits per heavy atom. The zero-order valence-corrected chi connectivity index (χ0v) is 10.3.